The smallest absolute Gasteiger partial charge is 0.246 e. The third-order valence-electron chi connectivity index (χ3n) is 6.13. The number of ether oxygens (including phenoxy) is 1. The van der Waals surface area contributed by atoms with Crippen LogP contribution in [0.2, 0.25) is 0 Å². The molecule has 1 amide bonds. The SMILES string of the molecule is O=C(C[C@@H]1C[C@H]2CC[C@H]1C2)Nc1ccc(F)c(S(=O)(=O)N2CCOCC2)c1. The van der Waals surface area contributed by atoms with Crippen molar-refractivity contribution in [3.63, 3.8) is 0 Å². The average Bonchev–Trinajstić information content (AvgIpc) is 3.27. The first-order valence-corrected chi connectivity index (χ1v) is 11.0. The standard InChI is InChI=1S/C19H25FN2O4S/c20-17-4-3-16(12-18(17)27(24,25)22-5-7-26-8-6-22)21-19(23)11-15-10-13-1-2-14(15)9-13/h3-4,12-15H,1-2,5-11H2,(H,21,23)/t13-,14-,15-/m0/s1. The molecule has 1 heterocycles. The molecule has 4 rings (SSSR count). The van der Waals surface area contributed by atoms with Gasteiger partial charge in [0.05, 0.1) is 13.2 Å². The maximum absolute atomic E-state index is 14.2. The average molecular weight is 396 g/mol. The molecule has 1 aliphatic heterocycles. The maximum Gasteiger partial charge on any atom is 0.246 e. The summed E-state index contributed by atoms with van der Waals surface area (Å²) in [6.45, 7) is 0.979. The van der Waals surface area contributed by atoms with Crippen LogP contribution in [0.5, 0.6) is 0 Å². The minimum atomic E-state index is -3.95. The molecule has 6 nitrogen and oxygen atoms in total. The Bertz CT molecular complexity index is 823. The Morgan fingerprint density at radius 3 is 2.67 bits per heavy atom. The van der Waals surface area contributed by atoms with E-state index in [1.807, 2.05) is 0 Å². The molecule has 3 atom stereocenters. The Labute approximate surface area is 159 Å². The predicted molar refractivity (Wildman–Crippen MR) is 98.2 cm³/mol. The molecule has 0 radical (unpaired) electrons. The lowest BCUT2D eigenvalue weighted by molar-refractivity contribution is -0.117. The van der Waals surface area contributed by atoms with Crippen molar-refractivity contribution in [1.82, 2.24) is 4.31 Å². The van der Waals surface area contributed by atoms with Gasteiger partial charge < -0.3 is 10.1 Å². The normalized spacial score (nSPS) is 28.4. The largest absolute Gasteiger partial charge is 0.379 e. The van der Waals surface area contributed by atoms with Crippen LogP contribution in [0.1, 0.15) is 32.1 Å². The summed E-state index contributed by atoms with van der Waals surface area (Å²) >= 11 is 0. The van der Waals surface area contributed by atoms with Gasteiger partial charge in [-0.1, -0.05) is 6.42 Å². The molecule has 2 saturated carbocycles. The summed E-state index contributed by atoms with van der Waals surface area (Å²) in [5, 5.41) is 2.76. The zero-order valence-corrected chi connectivity index (χ0v) is 16.0. The zero-order valence-electron chi connectivity index (χ0n) is 15.2. The molecule has 1 aromatic carbocycles. The summed E-state index contributed by atoms with van der Waals surface area (Å²) in [6.07, 6.45) is 5.28. The third kappa shape index (κ3) is 3.88. The number of anilines is 1. The van der Waals surface area contributed by atoms with Gasteiger partial charge in [0.1, 0.15) is 10.7 Å². The number of carbonyl (C=O) groups is 1. The quantitative estimate of drug-likeness (QED) is 0.830. The lowest BCUT2D eigenvalue weighted by Gasteiger charge is -2.26. The van der Waals surface area contributed by atoms with E-state index in [2.05, 4.69) is 5.32 Å². The second-order valence-electron chi connectivity index (χ2n) is 7.85. The molecule has 0 aromatic heterocycles. The maximum atomic E-state index is 14.2. The molecule has 1 saturated heterocycles. The molecule has 27 heavy (non-hydrogen) atoms. The highest BCUT2D eigenvalue weighted by molar-refractivity contribution is 7.89. The van der Waals surface area contributed by atoms with Crippen molar-refractivity contribution in [1.29, 1.82) is 0 Å². The number of fused-ring (bicyclic) bond motifs is 2. The van der Waals surface area contributed by atoms with Crippen LogP contribution in [0.25, 0.3) is 0 Å². The van der Waals surface area contributed by atoms with Crippen molar-refractivity contribution in [3.8, 4) is 0 Å². The van der Waals surface area contributed by atoms with Gasteiger partial charge in [0.2, 0.25) is 15.9 Å². The second kappa shape index (κ2) is 7.48. The molecule has 3 aliphatic rings. The van der Waals surface area contributed by atoms with Crippen molar-refractivity contribution in [2.45, 2.75) is 37.0 Å². The molecule has 0 unspecified atom stereocenters. The van der Waals surface area contributed by atoms with Gasteiger partial charge in [-0.05, 0) is 55.2 Å². The molecular formula is C19H25FN2O4S. The van der Waals surface area contributed by atoms with Crippen molar-refractivity contribution in [2.24, 2.45) is 17.8 Å². The monoisotopic (exact) mass is 396 g/mol. The number of hydrogen-bond acceptors (Lipinski definition) is 4. The lowest BCUT2D eigenvalue weighted by atomic mass is 9.86. The molecule has 3 fully saturated rings. The summed E-state index contributed by atoms with van der Waals surface area (Å²) in [5.74, 6) is 0.886. The van der Waals surface area contributed by atoms with Crippen LogP contribution in [-0.2, 0) is 19.6 Å². The molecule has 0 spiro atoms. The number of nitrogens with zero attached hydrogens (tertiary/aromatic N) is 1. The summed E-state index contributed by atoms with van der Waals surface area (Å²) in [4.78, 5) is 12.0. The number of amides is 1. The minimum absolute atomic E-state index is 0.131. The Balaban J connectivity index is 1.46. The van der Waals surface area contributed by atoms with E-state index < -0.39 is 20.7 Å². The lowest BCUT2D eigenvalue weighted by Crippen LogP contribution is -2.40. The van der Waals surface area contributed by atoms with E-state index in [1.54, 1.807) is 0 Å². The number of morpholine rings is 1. The number of carbonyl (C=O) groups excluding carboxylic acids is 1. The Morgan fingerprint density at radius 2 is 2.00 bits per heavy atom. The fourth-order valence-corrected chi connectivity index (χ4v) is 6.28. The Kier molecular flexibility index (Phi) is 5.22. The molecule has 8 heteroatoms. The number of benzene rings is 1. The number of rotatable bonds is 5. The molecular weight excluding hydrogens is 371 g/mol. The third-order valence-corrected chi connectivity index (χ3v) is 8.05. The van der Waals surface area contributed by atoms with Gasteiger partial charge in [-0.2, -0.15) is 4.31 Å². The summed E-state index contributed by atoms with van der Waals surface area (Å²) < 4.78 is 46.1. The molecule has 1 aromatic rings. The highest BCUT2D eigenvalue weighted by atomic mass is 32.2. The summed E-state index contributed by atoms with van der Waals surface area (Å²) in [7, 11) is -3.95. The highest BCUT2D eigenvalue weighted by Gasteiger charge is 2.40. The van der Waals surface area contributed by atoms with Crippen molar-refractivity contribution in [3.05, 3.63) is 24.0 Å². The Morgan fingerprint density at radius 1 is 1.22 bits per heavy atom. The van der Waals surface area contributed by atoms with Crippen LogP contribution in [0.3, 0.4) is 0 Å². The minimum Gasteiger partial charge on any atom is -0.379 e. The van der Waals surface area contributed by atoms with E-state index in [9.17, 15) is 17.6 Å². The summed E-state index contributed by atoms with van der Waals surface area (Å²) in [5.41, 5.74) is 0.316. The first kappa shape index (κ1) is 18.8. The molecule has 2 bridgehead atoms. The number of sulfonamides is 1. The van der Waals surface area contributed by atoms with E-state index >= 15 is 0 Å². The van der Waals surface area contributed by atoms with Crippen LogP contribution in [0.4, 0.5) is 10.1 Å². The van der Waals surface area contributed by atoms with Gasteiger partial charge >= 0.3 is 0 Å². The van der Waals surface area contributed by atoms with E-state index in [-0.39, 0.29) is 19.0 Å². The van der Waals surface area contributed by atoms with Gasteiger partial charge in [0, 0.05) is 25.2 Å². The topological polar surface area (TPSA) is 75.7 Å². The van der Waals surface area contributed by atoms with Crippen LogP contribution >= 0.6 is 0 Å². The van der Waals surface area contributed by atoms with E-state index in [0.717, 1.165) is 18.4 Å². The Hall–Kier alpha value is -1.51. The van der Waals surface area contributed by atoms with Crippen molar-refractivity contribution in [2.75, 3.05) is 31.6 Å². The molecule has 1 N–H and O–H groups in total. The van der Waals surface area contributed by atoms with Gasteiger partial charge in [-0.15, -0.1) is 0 Å². The second-order valence-corrected chi connectivity index (χ2v) is 9.76. The van der Waals surface area contributed by atoms with Gasteiger partial charge in [-0.25, -0.2) is 12.8 Å². The summed E-state index contributed by atoms with van der Waals surface area (Å²) in [6, 6.07) is 3.73. The van der Waals surface area contributed by atoms with Gasteiger partial charge in [0.15, 0.2) is 0 Å². The molecule has 2 aliphatic carbocycles. The van der Waals surface area contributed by atoms with Crippen molar-refractivity contribution < 1.29 is 22.3 Å². The fourth-order valence-electron chi connectivity index (χ4n) is 4.78. The number of hydrogen-bond donors (Lipinski definition) is 1. The number of nitrogens with one attached hydrogen (secondary N) is 1. The predicted octanol–water partition coefficient (Wildman–Crippen LogP) is 2.61. The van der Waals surface area contributed by atoms with Crippen LogP contribution in [-0.4, -0.2) is 44.9 Å². The van der Waals surface area contributed by atoms with Crippen LogP contribution < -0.4 is 5.32 Å². The van der Waals surface area contributed by atoms with Crippen LogP contribution in [0.15, 0.2) is 23.1 Å². The van der Waals surface area contributed by atoms with Crippen molar-refractivity contribution >= 4 is 21.6 Å². The van der Waals surface area contributed by atoms with E-state index in [4.69, 9.17) is 4.74 Å². The zero-order chi connectivity index (χ0) is 19.0. The van der Waals surface area contributed by atoms with Gasteiger partial charge in [0.25, 0.3) is 0 Å². The molecule has 148 valence electrons. The first-order chi connectivity index (χ1) is 12.9. The number of halogens is 1. The van der Waals surface area contributed by atoms with E-state index in [1.165, 1.54) is 35.7 Å². The van der Waals surface area contributed by atoms with E-state index in [0.29, 0.717) is 37.2 Å². The fraction of sp³-hybridized carbons (Fsp3) is 0.632. The first-order valence-electron chi connectivity index (χ1n) is 9.61. The van der Waals surface area contributed by atoms with Gasteiger partial charge in [-0.3, -0.25) is 4.79 Å². The highest BCUT2D eigenvalue weighted by Crippen LogP contribution is 2.49. The van der Waals surface area contributed by atoms with Crippen LogP contribution in [0, 0.1) is 23.6 Å².